The number of H-pyrrole nitrogens is 3. The molecule has 21 N–H and O–H groups in total. The van der Waals surface area contributed by atoms with Gasteiger partial charge in [-0.25, -0.2) is 81.0 Å². The van der Waals surface area contributed by atoms with Crippen LogP contribution in [0.3, 0.4) is 0 Å². The summed E-state index contributed by atoms with van der Waals surface area (Å²) in [6.45, 7) is -4.78. The number of ether oxygens (including phenoxy) is 8. The standard InChI is InChI=1S/C22H24FN9O12P2.C22H25N9O12P2.C21H24FN9O11P2/c23-10-9-3-39-45(34,35)44-15-14-20(31-6-27-11-8(24)1-2-26-16(11)31)42-22(15,4-38-14)5-40-46(36,37)43-13(10)19(41-9)32-7-28-12-17(32)29-21(25)30-18(12)33;23-10-1-2-25-16-12(10)26-7-30(16)20-14-15-22(41-20,5-37-14)6-39-45(35,36)42-11-3-9(4-38-44(33,34)43-15)40-19(11)31-8-27-13-17(31)28-21(24)29-18(13)32;22-12-15-11(40-20(12)30-6-26-13-9(23)1-2-25-16(13)30)5-38-43(33,34)41-10-3-8(4-37-44(35,36)42-15)39-19(10)31-7-27-14-17(31)28-21(24)29-18(14)32/h1-2,6-7,9-10,13-15,19-20H,3-5H2,(H2,24,26)(H,34,35)(H,36,37)(H3,25,29,30,33);1-2,7-9,11,14-15,19-20H,3-6H2,(H2,23,25)(H,33,34)(H,35,36)(H3,24,28,29,32);1-2,6-8,10-12,15,19-20H,3-5H2,(H2,23,25)(H,33,34)(H,35,36)(H3,24,28,29,32)/t9-,10-,13-,14-,15+,19-,20-,22-;9-,11-,14-,15?,19+,20+,22+;8-,10-,11+,12-,15?,19+,20+/m100/s1. The molecule has 135 heavy (non-hydrogen) atoms. The van der Waals surface area contributed by atoms with Gasteiger partial charge in [0, 0.05) is 31.4 Å². The summed E-state index contributed by atoms with van der Waals surface area (Å²) in [5.41, 5.74) is 31.7. The maximum absolute atomic E-state index is 15.9. The normalized spacial score (nSPS) is 38.3. The summed E-state index contributed by atoms with van der Waals surface area (Å²) < 4.78 is 231. The second-order valence-electron chi connectivity index (χ2n) is 32.0. The van der Waals surface area contributed by atoms with Crippen LogP contribution in [0.4, 0.5) is 43.7 Å². The van der Waals surface area contributed by atoms with E-state index in [1.54, 1.807) is 12.1 Å². The molecule has 0 amide bonds. The fraction of sp³-hybridized carbons (Fsp3) is 0.492. The first-order valence-electron chi connectivity index (χ1n) is 40.0. The van der Waals surface area contributed by atoms with E-state index in [0.717, 1.165) is 10.9 Å². The Balaban J connectivity index is 0.000000121. The van der Waals surface area contributed by atoms with Crippen molar-refractivity contribution in [1.29, 1.82) is 0 Å². The molecule has 0 radical (unpaired) electrons. The lowest BCUT2D eigenvalue weighted by Crippen LogP contribution is -2.45. The van der Waals surface area contributed by atoms with Crippen LogP contribution in [0.1, 0.15) is 50.2 Å². The Labute approximate surface area is 745 Å². The predicted octanol–water partition coefficient (Wildman–Crippen LogP) is -0.380. The molecule has 722 valence electrons. The van der Waals surface area contributed by atoms with Crippen molar-refractivity contribution in [2.75, 3.05) is 87.3 Å². The van der Waals surface area contributed by atoms with Gasteiger partial charge in [-0.05, 0) is 18.2 Å². The number of nitrogens with zero attached hydrogens (tertiary/aromatic N) is 18. The molecule has 11 saturated heterocycles. The fourth-order valence-electron chi connectivity index (χ4n) is 17.4. The quantitative estimate of drug-likeness (QED) is 0.0944. The lowest BCUT2D eigenvalue weighted by atomic mass is 10.0. The molecule has 11 aliphatic rings. The van der Waals surface area contributed by atoms with Gasteiger partial charge in [0.2, 0.25) is 17.8 Å². The number of hydrogen-bond donors (Lipinski definition) is 15. The number of phosphoric acid groups is 6. The third-order valence-electron chi connectivity index (χ3n) is 23.4. The van der Waals surface area contributed by atoms with Gasteiger partial charge in [-0.15, -0.1) is 0 Å². The highest BCUT2D eigenvalue weighted by Gasteiger charge is 2.69. The van der Waals surface area contributed by atoms with Crippen LogP contribution in [-0.4, -0.2) is 281 Å². The Morgan fingerprint density at radius 2 is 0.681 bits per heavy atom. The Hall–Kier alpha value is -10.1. The molecule has 10 bridgehead atoms. The smallest absolute Gasteiger partial charge is 0.397 e. The van der Waals surface area contributed by atoms with E-state index in [9.17, 15) is 71.1 Å². The van der Waals surface area contributed by atoms with E-state index in [-0.39, 0.29) is 94.2 Å². The van der Waals surface area contributed by atoms with Gasteiger partial charge < -0.3 is 102 Å². The lowest BCUT2D eigenvalue weighted by molar-refractivity contribution is -0.184. The number of aromatic nitrogens is 21. The van der Waals surface area contributed by atoms with E-state index >= 15 is 8.78 Å². The van der Waals surface area contributed by atoms with Crippen molar-refractivity contribution in [3.05, 3.63) is 106 Å². The van der Waals surface area contributed by atoms with Gasteiger partial charge in [0.15, 0.2) is 100 Å². The van der Waals surface area contributed by atoms with E-state index in [1.807, 2.05) is 0 Å². The molecule has 28 atom stereocenters. The molecular weight excluding hydrogens is 1940 g/mol. The molecule has 23 rings (SSSR count). The Kier molecular flexibility index (Phi) is 22.8. The van der Waals surface area contributed by atoms with Gasteiger partial charge in [-0.3, -0.25) is 111 Å². The summed E-state index contributed by atoms with van der Waals surface area (Å²) >= 11 is 0. The zero-order chi connectivity index (χ0) is 94.4. The summed E-state index contributed by atoms with van der Waals surface area (Å²) in [6, 6.07) is 4.62. The second-order valence-corrected chi connectivity index (χ2v) is 40.4. The topological polar surface area (TPSA) is 847 Å². The summed E-state index contributed by atoms with van der Waals surface area (Å²) in [6.07, 6.45) is -16.7. The summed E-state index contributed by atoms with van der Waals surface area (Å²) in [5, 5.41) is 0. The molecule has 23 heterocycles. The van der Waals surface area contributed by atoms with Crippen molar-refractivity contribution in [3.8, 4) is 0 Å². The van der Waals surface area contributed by atoms with E-state index in [0.29, 0.717) is 33.7 Å². The zero-order valence-corrected chi connectivity index (χ0v) is 73.4. The minimum atomic E-state index is -5.18. The zero-order valence-electron chi connectivity index (χ0n) is 68.0. The average Bonchev–Trinajstić information content (AvgIpc) is 1.56. The number of phosphoric ester groups is 6. The van der Waals surface area contributed by atoms with Crippen molar-refractivity contribution in [1.82, 2.24) is 102 Å². The lowest BCUT2D eigenvalue weighted by Gasteiger charge is -2.32. The SMILES string of the molecule is Nc1nc2c(ncn2[C@@H]2O[C@@H]3COP(=O)(O)OC4[C@@H](COP(=O)(O)O[C@H]2C3)O[C@@H](n2cnc3c(N)ccnc32)[C@H]4F)c(=O)[nH]1.Nc1nc2c(ncn2[C@@H]2O[C@@H]3COP(=O)(O)OC4[C@@H]5OC[C@]4(COP(=O)(O)O[C@H]2C3)O[C@H]5n2cnc3c(N)ccnc32)c(=O)[nH]1.Nc1nc2c(ncn2[C@@H]2O[C@@H]3COP(=O)(O)O[C@H]4[C@H]5OC[C@]4(COP(=O)(O)O[C@@H]2[C@@H]3F)O[C@H]5n2cnc3c(N)ccnc32)c(=O)[nH]1. The third kappa shape index (κ3) is 16.7. The first kappa shape index (κ1) is 91.3. The highest BCUT2D eigenvalue weighted by atomic mass is 31.2. The van der Waals surface area contributed by atoms with Gasteiger partial charge in [-0.1, -0.05) is 0 Å². The number of nitrogens with one attached hydrogen (secondary N) is 3. The van der Waals surface area contributed by atoms with Gasteiger partial charge in [0.25, 0.3) is 16.7 Å². The number of fused-ring (bicyclic) bond motifs is 13. The minimum absolute atomic E-state index is 0.00642. The Morgan fingerprint density at radius 3 is 1.10 bits per heavy atom. The Morgan fingerprint density at radius 1 is 0.348 bits per heavy atom. The van der Waals surface area contributed by atoms with Crippen molar-refractivity contribution in [3.63, 3.8) is 0 Å². The largest absolute Gasteiger partial charge is 0.472 e. The van der Waals surface area contributed by atoms with Crippen LogP contribution in [0.15, 0.2) is 89.1 Å². The van der Waals surface area contributed by atoms with Gasteiger partial charge in [0.1, 0.15) is 88.8 Å². The molecular formula is C65H73F2N27O35P6. The first-order chi connectivity index (χ1) is 64.2. The van der Waals surface area contributed by atoms with E-state index in [1.165, 1.54) is 79.1 Å². The van der Waals surface area contributed by atoms with Gasteiger partial charge in [0.05, 0.1) is 120 Å². The van der Waals surface area contributed by atoms with Crippen molar-refractivity contribution in [2.24, 2.45) is 0 Å². The number of halogens is 2. The number of rotatable bonds is 6. The molecule has 0 aromatic carbocycles. The van der Waals surface area contributed by atoms with Crippen LogP contribution in [0.25, 0.3) is 67.0 Å². The molecule has 0 aliphatic carbocycles. The number of hydrogen-bond acceptors (Lipinski definition) is 47. The highest BCUT2D eigenvalue weighted by molar-refractivity contribution is 7.48. The van der Waals surface area contributed by atoms with Crippen LogP contribution in [0.5, 0.6) is 0 Å². The molecule has 12 aromatic heterocycles. The highest BCUT2D eigenvalue weighted by Crippen LogP contribution is 2.63. The molecule has 12 aromatic rings. The number of nitrogen functional groups attached to an aromatic ring is 6. The molecule has 0 saturated carbocycles. The van der Waals surface area contributed by atoms with Crippen LogP contribution >= 0.6 is 46.9 Å². The van der Waals surface area contributed by atoms with Crippen LogP contribution in [-0.2, 0) is 120 Å². The number of pyridine rings is 3. The van der Waals surface area contributed by atoms with E-state index in [4.69, 9.17) is 127 Å². The summed E-state index contributed by atoms with van der Waals surface area (Å²) in [5.74, 6) is -0.730. The first-order valence-corrected chi connectivity index (χ1v) is 48.9. The Bertz CT molecular complexity index is 7240. The average molecular weight is 2020 g/mol. The van der Waals surface area contributed by atoms with E-state index in [2.05, 4.69) is 74.8 Å². The number of alkyl halides is 2. The molecule has 70 heteroatoms. The van der Waals surface area contributed by atoms with Gasteiger partial charge >= 0.3 is 46.9 Å². The van der Waals surface area contributed by atoms with Crippen LogP contribution < -0.4 is 51.1 Å². The third-order valence-corrected chi connectivity index (χ3v) is 29.3. The monoisotopic (exact) mass is 2020 g/mol. The van der Waals surface area contributed by atoms with Crippen molar-refractivity contribution in [2.45, 2.75) is 147 Å². The molecule has 8 unspecified atom stereocenters. The summed E-state index contributed by atoms with van der Waals surface area (Å²) in [7, 11) is -29.9. The second kappa shape index (κ2) is 33.6. The van der Waals surface area contributed by atoms with Gasteiger partial charge in [-0.2, -0.15) is 15.0 Å². The number of imidazole rings is 6. The molecule has 0 spiro atoms. The maximum Gasteiger partial charge on any atom is 0.472 e. The molecule has 11 fully saturated rings. The van der Waals surface area contributed by atoms with Crippen LogP contribution in [0.2, 0.25) is 0 Å². The molecule has 11 aliphatic heterocycles. The van der Waals surface area contributed by atoms with Crippen LogP contribution in [0, 0.1) is 0 Å². The molecule has 62 nitrogen and oxygen atoms in total. The maximum atomic E-state index is 15.9. The number of nitrogens with two attached hydrogens (primary N) is 6. The van der Waals surface area contributed by atoms with E-state index < -0.39 is 237 Å². The fourth-order valence-corrected chi connectivity index (χ4v) is 23.3. The number of anilines is 6. The van der Waals surface area contributed by atoms with Crippen molar-refractivity contribution < 1.29 is 158 Å². The minimum Gasteiger partial charge on any atom is -0.397 e. The van der Waals surface area contributed by atoms with Crippen molar-refractivity contribution >= 4 is 149 Å². The number of aromatic amines is 3. The predicted molar refractivity (Wildman–Crippen MR) is 437 cm³/mol. The summed E-state index contributed by atoms with van der Waals surface area (Å²) in [4.78, 5) is 158.